The molecule has 2 fully saturated rings. The highest BCUT2D eigenvalue weighted by molar-refractivity contribution is 7.91. The molecule has 4 atom stereocenters. The number of H-pyrrole nitrogens is 1. The van der Waals surface area contributed by atoms with Crippen LogP contribution in [-0.2, 0) is 14.6 Å². The molecule has 1 saturated carbocycles. The summed E-state index contributed by atoms with van der Waals surface area (Å²) < 4.78 is 33.5. The summed E-state index contributed by atoms with van der Waals surface area (Å²) in [6, 6.07) is 1.99. The Labute approximate surface area is 176 Å². The number of rotatable bonds is 6. The Morgan fingerprint density at radius 1 is 1.23 bits per heavy atom. The number of hydrogen-bond acceptors (Lipinski definition) is 6. The Balaban J connectivity index is 1.37. The zero-order valence-corrected chi connectivity index (χ0v) is 18.1. The van der Waals surface area contributed by atoms with Crippen molar-refractivity contribution in [2.45, 2.75) is 57.5 Å². The van der Waals surface area contributed by atoms with Crippen molar-refractivity contribution < 1.29 is 13.2 Å². The van der Waals surface area contributed by atoms with Crippen molar-refractivity contribution in [1.29, 1.82) is 0 Å². The van der Waals surface area contributed by atoms with Crippen LogP contribution in [0, 0.1) is 11.8 Å². The average molecular weight is 432 g/mol. The summed E-state index contributed by atoms with van der Waals surface area (Å²) in [7, 11) is -3.14. The number of ether oxygens (including phenoxy) is 1. The third kappa shape index (κ3) is 3.73. The van der Waals surface area contributed by atoms with E-state index in [0.29, 0.717) is 12.5 Å². The summed E-state index contributed by atoms with van der Waals surface area (Å²) >= 11 is 0. The summed E-state index contributed by atoms with van der Waals surface area (Å²) in [5.74, 6) is 2.11. The summed E-state index contributed by atoms with van der Waals surface area (Å²) in [5.41, 5.74) is 2.51. The zero-order chi connectivity index (χ0) is 20.7. The van der Waals surface area contributed by atoms with Crippen molar-refractivity contribution >= 4 is 26.6 Å². The van der Waals surface area contributed by atoms with Gasteiger partial charge in [-0.1, -0.05) is 13.3 Å². The first kappa shape index (κ1) is 19.9. The van der Waals surface area contributed by atoms with E-state index in [1.807, 2.05) is 12.3 Å². The summed E-state index contributed by atoms with van der Waals surface area (Å²) in [5, 5.41) is 8.86. The fourth-order valence-electron chi connectivity index (χ4n) is 5.43. The number of hydrogen-bond donors (Lipinski definition) is 1. The van der Waals surface area contributed by atoms with Crippen LogP contribution < -0.4 is 0 Å². The molecule has 1 aliphatic carbocycles. The number of aromatic amines is 1. The van der Waals surface area contributed by atoms with Gasteiger partial charge in [-0.25, -0.2) is 13.4 Å². The molecule has 5 rings (SSSR count). The fourth-order valence-corrected chi connectivity index (χ4v) is 7.39. The van der Waals surface area contributed by atoms with Crippen LogP contribution >= 0.6 is 0 Å². The third-order valence-corrected chi connectivity index (χ3v) is 8.68. The molecule has 162 valence electrons. The lowest BCUT2D eigenvalue weighted by Crippen LogP contribution is -2.30. The van der Waals surface area contributed by atoms with Crippen LogP contribution in [0.3, 0.4) is 0 Å². The maximum absolute atomic E-state index is 12.9. The van der Waals surface area contributed by atoms with Crippen molar-refractivity contribution in [3.8, 4) is 0 Å². The van der Waals surface area contributed by atoms with Crippen LogP contribution in [0.15, 0.2) is 18.5 Å². The van der Waals surface area contributed by atoms with Gasteiger partial charge in [0.25, 0.3) is 0 Å². The van der Waals surface area contributed by atoms with E-state index in [2.05, 4.69) is 31.5 Å². The standard InChI is InChI=1S/C21H29N5O3S/c1-2-15-9-14(12-30(27,28)13-16-5-3-4-8-29-16)10-17(15)21-25-24-19-11-23-20-18(26(19)21)6-7-22-20/h6-7,11,14-17,22H,2-5,8-10,12-13H2,1H3/t14-,15+,16?,17-/m0/s1. The van der Waals surface area contributed by atoms with Crippen LogP contribution in [0.1, 0.15) is 57.2 Å². The second-order valence-electron chi connectivity index (χ2n) is 8.90. The van der Waals surface area contributed by atoms with Crippen LogP contribution in [0.4, 0.5) is 0 Å². The largest absolute Gasteiger partial charge is 0.377 e. The molecule has 3 aromatic heterocycles. The quantitative estimate of drug-likeness (QED) is 0.643. The molecule has 8 nitrogen and oxygen atoms in total. The molecule has 9 heteroatoms. The van der Waals surface area contributed by atoms with Gasteiger partial charge in [-0.3, -0.25) is 4.40 Å². The van der Waals surface area contributed by atoms with Crippen LogP contribution in [0.25, 0.3) is 16.8 Å². The third-order valence-electron chi connectivity index (χ3n) is 6.82. The Bertz CT molecular complexity index is 1130. The van der Waals surface area contributed by atoms with Crippen LogP contribution in [-0.4, -0.2) is 57.2 Å². The highest BCUT2D eigenvalue weighted by Gasteiger charge is 2.39. The van der Waals surface area contributed by atoms with E-state index in [1.54, 1.807) is 6.20 Å². The molecule has 3 aromatic rings. The second kappa shape index (κ2) is 7.92. The molecular formula is C21H29N5O3S. The topological polar surface area (TPSA) is 102 Å². The molecule has 0 radical (unpaired) electrons. The Hall–Kier alpha value is -2.00. The molecule has 4 heterocycles. The summed E-state index contributed by atoms with van der Waals surface area (Å²) in [4.78, 5) is 7.54. The van der Waals surface area contributed by atoms with Gasteiger partial charge in [-0.15, -0.1) is 10.2 Å². The fraction of sp³-hybridized carbons (Fsp3) is 0.667. The Kier molecular flexibility index (Phi) is 5.26. The summed E-state index contributed by atoms with van der Waals surface area (Å²) in [6.07, 6.45) is 9.19. The average Bonchev–Trinajstić information content (AvgIpc) is 3.44. The zero-order valence-electron chi connectivity index (χ0n) is 17.3. The molecule has 30 heavy (non-hydrogen) atoms. The van der Waals surface area contributed by atoms with E-state index in [-0.39, 0.29) is 29.4 Å². The van der Waals surface area contributed by atoms with Gasteiger partial charge in [0.05, 0.1) is 29.3 Å². The van der Waals surface area contributed by atoms with Crippen molar-refractivity contribution in [2.24, 2.45) is 11.8 Å². The van der Waals surface area contributed by atoms with Gasteiger partial charge < -0.3 is 9.72 Å². The molecule has 0 spiro atoms. The number of fused-ring (bicyclic) bond motifs is 3. The number of aromatic nitrogens is 5. The van der Waals surface area contributed by atoms with E-state index in [4.69, 9.17) is 4.74 Å². The van der Waals surface area contributed by atoms with E-state index in [1.165, 1.54) is 0 Å². The van der Waals surface area contributed by atoms with Gasteiger partial charge in [-0.05, 0) is 50.0 Å². The van der Waals surface area contributed by atoms with Crippen molar-refractivity contribution in [1.82, 2.24) is 24.6 Å². The predicted octanol–water partition coefficient (Wildman–Crippen LogP) is 3.11. The van der Waals surface area contributed by atoms with E-state index in [0.717, 1.165) is 61.2 Å². The minimum Gasteiger partial charge on any atom is -0.377 e. The van der Waals surface area contributed by atoms with Gasteiger partial charge in [0.1, 0.15) is 5.82 Å². The van der Waals surface area contributed by atoms with Crippen LogP contribution in [0.5, 0.6) is 0 Å². The molecule has 0 bridgehead atoms. The van der Waals surface area contributed by atoms with Crippen LogP contribution in [0.2, 0.25) is 0 Å². The highest BCUT2D eigenvalue weighted by atomic mass is 32.2. The molecule has 1 N–H and O–H groups in total. The van der Waals surface area contributed by atoms with Gasteiger partial charge in [0, 0.05) is 18.7 Å². The van der Waals surface area contributed by atoms with Crippen molar-refractivity contribution in [3.63, 3.8) is 0 Å². The highest BCUT2D eigenvalue weighted by Crippen LogP contribution is 2.45. The smallest absolute Gasteiger partial charge is 0.179 e. The van der Waals surface area contributed by atoms with Gasteiger partial charge in [-0.2, -0.15) is 0 Å². The minimum absolute atomic E-state index is 0.127. The SMILES string of the molecule is CC[C@@H]1C[C@H](CS(=O)(=O)CC2CCCCO2)C[C@@H]1c1nnc2cnc3[nH]ccc3n12. The normalized spacial score (nSPS) is 27.9. The monoisotopic (exact) mass is 431 g/mol. The first-order valence-corrected chi connectivity index (χ1v) is 12.9. The van der Waals surface area contributed by atoms with Crippen molar-refractivity contribution in [3.05, 3.63) is 24.3 Å². The molecule has 0 amide bonds. The first-order valence-electron chi connectivity index (χ1n) is 11.0. The number of nitrogens with one attached hydrogen (secondary N) is 1. The van der Waals surface area contributed by atoms with E-state index < -0.39 is 9.84 Å². The lowest BCUT2D eigenvalue weighted by molar-refractivity contribution is 0.0305. The Morgan fingerprint density at radius 2 is 2.13 bits per heavy atom. The van der Waals surface area contributed by atoms with E-state index in [9.17, 15) is 8.42 Å². The second-order valence-corrected chi connectivity index (χ2v) is 11.1. The number of nitrogens with zero attached hydrogens (tertiary/aromatic N) is 4. The number of sulfone groups is 1. The van der Waals surface area contributed by atoms with Gasteiger partial charge in [0.15, 0.2) is 21.1 Å². The molecular weight excluding hydrogens is 402 g/mol. The van der Waals surface area contributed by atoms with Crippen molar-refractivity contribution in [2.75, 3.05) is 18.1 Å². The minimum atomic E-state index is -3.14. The first-order chi connectivity index (χ1) is 14.5. The molecule has 1 aliphatic heterocycles. The molecule has 1 saturated heterocycles. The molecule has 0 aromatic carbocycles. The lowest BCUT2D eigenvalue weighted by Gasteiger charge is -2.23. The Morgan fingerprint density at radius 3 is 2.93 bits per heavy atom. The van der Waals surface area contributed by atoms with Gasteiger partial charge >= 0.3 is 0 Å². The molecule has 2 aliphatic rings. The predicted molar refractivity (Wildman–Crippen MR) is 114 cm³/mol. The summed E-state index contributed by atoms with van der Waals surface area (Å²) in [6.45, 7) is 2.87. The maximum Gasteiger partial charge on any atom is 0.179 e. The van der Waals surface area contributed by atoms with E-state index >= 15 is 0 Å². The molecule has 1 unspecified atom stereocenters. The van der Waals surface area contributed by atoms with Gasteiger partial charge in [0.2, 0.25) is 0 Å². The lowest BCUT2D eigenvalue weighted by atomic mass is 9.93. The maximum atomic E-state index is 12.9.